The number of benzene rings is 4. The number of fused-ring (bicyclic) bond motifs is 2. The lowest BCUT2D eigenvalue weighted by atomic mass is 10.1. The fourth-order valence-corrected chi connectivity index (χ4v) is 13.9. The number of hydrogen-bond acceptors (Lipinski definition) is 0. The fraction of sp³-hybridized carbons (Fsp3) is 0.167. The molecule has 0 spiro atoms. The Morgan fingerprint density at radius 2 is 0.846 bits per heavy atom. The van der Waals surface area contributed by atoms with E-state index in [0.717, 1.165) is 0 Å². The third-order valence-electron chi connectivity index (χ3n) is 6.15. The van der Waals surface area contributed by atoms with Crippen molar-refractivity contribution >= 4 is 47.1 Å². The van der Waals surface area contributed by atoms with Gasteiger partial charge in [-0.3, -0.25) is 0 Å². The van der Waals surface area contributed by atoms with Crippen molar-refractivity contribution in [3.05, 3.63) is 84.9 Å². The van der Waals surface area contributed by atoms with Crippen LogP contribution in [0.3, 0.4) is 0 Å². The van der Waals surface area contributed by atoms with Crippen molar-refractivity contribution in [2.75, 3.05) is 0 Å². The van der Waals surface area contributed by atoms with E-state index < -0.39 is 15.2 Å². The van der Waals surface area contributed by atoms with Gasteiger partial charge in [-0.1, -0.05) is 121 Å². The summed E-state index contributed by atoms with van der Waals surface area (Å²) in [7, 11) is -3.23. The van der Waals surface area contributed by atoms with E-state index in [2.05, 4.69) is 111 Å². The Labute approximate surface area is 158 Å². The van der Waals surface area contributed by atoms with Crippen LogP contribution in [0.15, 0.2) is 84.9 Å². The maximum atomic E-state index is 2.59. The van der Waals surface area contributed by atoms with Gasteiger partial charge in [-0.05, 0) is 21.5 Å². The molecule has 0 heterocycles. The van der Waals surface area contributed by atoms with Gasteiger partial charge in [-0.15, -0.1) is 0 Å². The Balaban J connectivity index is 1.97. The third kappa shape index (κ3) is 2.74. The Morgan fingerprint density at radius 3 is 1.23 bits per heavy atom. The second-order valence-electron chi connectivity index (χ2n) is 8.50. The summed E-state index contributed by atoms with van der Waals surface area (Å²) in [6, 6.07) is 31.8. The highest BCUT2D eigenvalue weighted by Crippen LogP contribution is 2.23. The van der Waals surface area contributed by atoms with Crippen LogP contribution in [0.25, 0.3) is 21.5 Å². The molecule has 0 N–H and O–H groups in total. The highest BCUT2D eigenvalue weighted by Gasteiger charge is 2.44. The van der Waals surface area contributed by atoms with Crippen molar-refractivity contribution in [2.45, 2.75) is 26.2 Å². The molecule has 0 aromatic heterocycles. The van der Waals surface area contributed by atoms with Crippen LogP contribution in [0, 0.1) is 0 Å². The van der Waals surface area contributed by atoms with E-state index in [4.69, 9.17) is 0 Å². The molecule has 0 nitrogen and oxygen atoms in total. The highest BCUT2D eigenvalue weighted by molar-refractivity contribution is 7.50. The van der Waals surface area contributed by atoms with Gasteiger partial charge >= 0.3 is 0 Å². The summed E-state index contributed by atoms with van der Waals surface area (Å²) in [5.74, 6) is 0. The van der Waals surface area contributed by atoms with Crippen molar-refractivity contribution in [3.8, 4) is 0 Å². The second kappa shape index (κ2) is 6.22. The lowest BCUT2D eigenvalue weighted by Gasteiger charge is -2.40. The molecule has 2 heteroatoms. The molecule has 0 atom stereocenters. The average Bonchev–Trinajstić information content (AvgIpc) is 2.65. The molecule has 0 aliphatic heterocycles. The molecule has 4 rings (SSSR count). The minimum Gasteiger partial charge on any atom is -0.0709 e. The first-order valence-electron chi connectivity index (χ1n) is 9.38. The summed E-state index contributed by atoms with van der Waals surface area (Å²) in [5.41, 5.74) is 0. The predicted molar refractivity (Wildman–Crippen MR) is 122 cm³/mol. The van der Waals surface area contributed by atoms with E-state index in [1.807, 2.05) is 0 Å². The Morgan fingerprint density at radius 1 is 0.462 bits per heavy atom. The standard InChI is InChI=1S/C24H26Si2/c1-25(2,3)26(4,23-15-13-19-9-5-7-11-21(19)17-23)24-16-14-20-10-6-8-12-22(20)18-24/h5-18H,1-4H3. The zero-order valence-electron chi connectivity index (χ0n) is 16.1. The van der Waals surface area contributed by atoms with Gasteiger partial charge in [0, 0.05) is 7.59 Å². The molecular formula is C24H26Si2. The van der Waals surface area contributed by atoms with Gasteiger partial charge in [0.15, 0.2) is 0 Å². The first kappa shape index (κ1) is 17.3. The van der Waals surface area contributed by atoms with Crippen LogP contribution < -0.4 is 10.4 Å². The average molecular weight is 371 g/mol. The van der Waals surface area contributed by atoms with Crippen LogP contribution in [-0.4, -0.2) is 15.2 Å². The molecule has 0 unspecified atom stereocenters. The highest BCUT2D eigenvalue weighted by atomic mass is 29.3. The van der Waals surface area contributed by atoms with Crippen molar-refractivity contribution in [2.24, 2.45) is 0 Å². The maximum Gasteiger partial charge on any atom is 0.107 e. The van der Waals surface area contributed by atoms with Gasteiger partial charge in [-0.25, -0.2) is 0 Å². The van der Waals surface area contributed by atoms with E-state index in [0.29, 0.717) is 0 Å². The van der Waals surface area contributed by atoms with E-state index in [1.165, 1.54) is 21.5 Å². The Bertz CT molecular complexity index is 1010. The quantitative estimate of drug-likeness (QED) is 0.412. The van der Waals surface area contributed by atoms with Gasteiger partial charge in [0.2, 0.25) is 0 Å². The smallest absolute Gasteiger partial charge is 0.0709 e. The second-order valence-corrected chi connectivity index (χ2v) is 23.9. The first-order valence-corrected chi connectivity index (χ1v) is 16.4. The third-order valence-corrected chi connectivity index (χ3v) is 22.8. The Hall–Kier alpha value is -2.17. The van der Waals surface area contributed by atoms with Gasteiger partial charge in [-0.2, -0.15) is 0 Å². The first-order chi connectivity index (χ1) is 12.4. The molecule has 0 saturated heterocycles. The molecule has 26 heavy (non-hydrogen) atoms. The van der Waals surface area contributed by atoms with E-state index in [1.54, 1.807) is 10.4 Å². The molecule has 0 radical (unpaired) electrons. The Kier molecular flexibility index (Phi) is 4.13. The topological polar surface area (TPSA) is 0 Å². The maximum absolute atomic E-state index is 2.59. The zero-order chi connectivity index (χ0) is 18.4. The molecular weight excluding hydrogens is 344 g/mol. The molecule has 130 valence electrons. The summed E-state index contributed by atoms with van der Waals surface area (Å²) in [4.78, 5) is 0. The monoisotopic (exact) mass is 370 g/mol. The molecule has 0 amide bonds. The van der Waals surface area contributed by atoms with Gasteiger partial charge in [0.25, 0.3) is 0 Å². The van der Waals surface area contributed by atoms with Crippen LogP contribution in [0.5, 0.6) is 0 Å². The summed E-state index contributed by atoms with van der Waals surface area (Å²) in [6.45, 7) is 10.2. The molecule has 0 aliphatic carbocycles. The van der Waals surface area contributed by atoms with Crippen molar-refractivity contribution in [1.82, 2.24) is 0 Å². The van der Waals surface area contributed by atoms with Gasteiger partial charge < -0.3 is 0 Å². The van der Waals surface area contributed by atoms with Gasteiger partial charge in [0.05, 0.1) is 0 Å². The van der Waals surface area contributed by atoms with E-state index >= 15 is 0 Å². The van der Waals surface area contributed by atoms with Crippen LogP contribution >= 0.6 is 0 Å². The SMILES string of the molecule is C[Si](C)(C)[Si](C)(c1ccc2ccccc2c1)c1ccc2ccccc2c1. The molecule has 0 saturated carbocycles. The van der Waals surface area contributed by atoms with E-state index in [-0.39, 0.29) is 0 Å². The van der Waals surface area contributed by atoms with Crippen LogP contribution in [-0.2, 0) is 0 Å². The number of rotatable bonds is 3. The largest absolute Gasteiger partial charge is 0.107 e. The molecule has 4 aromatic rings. The predicted octanol–water partition coefficient (Wildman–Crippen LogP) is 5.60. The van der Waals surface area contributed by atoms with Crippen LogP contribution in [0.1, 0.15) is 0 Å². The molecule has 0 aliphatic rings. The van der Waals surface area contributed by atoms with Crippen molar-refractivity contribution in [3.63, 3.8) is 0 Å². The molecule has 0 bridgehead atoms. The molecule has 0 fully saturated rings. The summed E-state index contributed by atoms with van der Waals surface area (Å²) >= 11 is 0. The van der Waals surface area contributed by atoms with Gasteiger partial charge in [0.1, 0.15) is 7.59 Å². The van der Waals surface area contributed by atoms with Crippen molar-refractivity contribution in [1.29, 1.82) is 0 Å². The minimum atomic E-state index is -1.80. The minimum absolute atomic E-state index is 1.33. The molecule has 4 aromatic carbocycles. The summed E-state index contributed by atoms with van der Waals surface area (Å²) in [5, 5.41) is 8.55. The number of hydrogen-bond donors (Lipinski definition) is 0. The van der Waals surface area contributed by atoms with Crippen LogP contribution in [0.4, 0.5) is 0 Å². The lowest BCUT2D eigenvalue weighted by Crippen LogP contribution is -2.71. The fourth-order valence-electron chi connectivity index (χ4n) is 4.03. The summed E-state index contributed by atoms with van der Waals surface area (Å²) < 4.78 is 0. The normalized spacial score (nSPS) is 12.6. The lowest BCUT2D eigenvalue weighted by molar-refractivity contribution is 1.71. The van der Waals surface area contributed by atoms with Crippen molar-refractivity contribution < 1.29 is 0 Å². The van der Waals surface area contributed by atoms with Crippen LogP contribution in [0.2, 0.25) is 26.2 Å². The van der Waals surface area contributed by atoms with E-state index in [9.17, 15) is 0 Å². The summed E-state index contributed by atoms with van der Waals surface area (Å²) in [6.07, 6.45) is 0. The zero-order valence-corrected chi connectivity index (χ0v) is 18.1.